The van der Waals surface area contributed by atoms with Gasteiger partial charge in [0.1, 0.15) is 49.4 Å². The zero-order chi connectivity index (χ0) is 53.8. The molecule has 0 unspecified atom stereocenters. The highest BCUT2D eigenvalue weighted by molar-refractivity contribution is 5.60. The summed E-state index contributed by atoms with van der Waals surface area (Å²) in [5, 5.41) is 0. The first kappa shape index (κ1) is 53.6. The number of hydrogen-bond acceptors (Lipinski definition) is 6. The molecule has 6 nitrogen and oxygen atoms in total. The van der Waals surface area contributed by atoms with Crippen molar-refractivity contribution in [3.63, 3.8) is 0 Å². The highest BCUT2D eigenvalue weighted by atomic mass is 16.5. The molecule has 0 amide bonds. The van der Waals surface area contributed by atoms with Crippen LogP contribution in [0.15, 0.2) is 158 Å². The van der Waals surface area contributed by atoms with Crippen LogP contribution in [0.25, 0.3) is 0 Å². The van der Waals surface area contributed by atoms with Crippen LogP contribution in [-0.4, -0.2) is 9.97 Å². The summed E-state index contributed by atoms with van der Waals surface area (Å²) in [7, 11) is 0. The molecule has 1 aliphatic rings. The van der Waals surface area contributed by atoms with Crippen molar-refractivity contribution >= 4 is 0 Å². The second kappa shape index (κ2) is 22.2. The van der Waals surface area contributed by atoms with Crippen LogP contribution in [0.1, 0.15) is 172 Å². The van der Waals surface area contributed by atoms with Crippen LogP contribution in [0, 0.1) is 0 Å². The Labute approximate surface area is 453 Å². The maximum atomic E-state index is 7.29. The molecule has 0 saturated heterocycles. The fourth-order valence-corrected chi connectivity index (χ4v) is 10.1. The minimum Gasteiger partial charge on any atom is -0.488 e. The zero-order valence-corrected chi connectivity index (χ0v) is 47.2. The van der Waals surface area contributed by atoms with Crippen molar-refractivity contribution < 1.29 is 18.9 Å². The molecular weight excluding hydrogens is 933 g/mol. The third-order valence-electron chi connectivity index (χ3n) is 14.7. The molecule has 8 bridgehead atoms. The summed E-state index contributed by atoms with van der Waals surface area (Å²) in [6, 6.07) is 48.4. The fraction of sp³-hybridized carbons (Fsp3) is 0.343. The Kier molecular flexibility index (Phi) is 15.7. The average molecular weight is 1010 g/mol. The molecule has 0 fully saturated rings. The second-order valence-corrected chi connectivity index (χ2v) is 25.0. The Bertz CT molecular complexity index is 2730. The molecule has 0 saturated carbocycles. The molecule has 0 atom stereocenters. The largest absolute Gasteiger partial charge is 0.488 e. The highest BCUT2D eigenvalue weighted by Gasteiger charge is 2.30. The summed E-state index contributed by atoms with van der Waals surface area (Å²) in [6.07, 6.45) is 9.67. The van der Waals surface area contributed by atoms with Gasteiger partial charge in [0.15, 0.2) is 0 Å². The van der Waals surface area contributed by atoms with E-state index in [2.05, 4.69) is 202 Å². The lowest BCUT2D eigenvalue weighted by molar-refractivity contribution is 0.293. The van der Waals surface area contributed by atoms with Crippen LogP contribution in [0.3, 0.4) is 0 Å². The molecule has 6 aromatic carbocycles. The Morgan fingerprint density at radius 2 is 0.487 bits per heavy atom. The molecule has 0 radical (unpaired) electrons. The fourth-order valence-electron chi connectivity index (χ4n) is 10.1. The van der Waals surface area contributed by atoms with Gasteiger partial charge >= 0.3 is 0 Å². The van der Waals surface area contributed by atoms with Gasteiger partial charge in [0.05, 0.1) is 0 Å². The van der Waals surface area contributed by atoms with E-state index in [9.17, 15) is 0 Å². The van der Waals surface area contributed by atoms with Crippen LogP contribution in [0.5, 0.6) is 23.0 Å². The predicted octanol–water partition coefficient (Wildman–Crippen LogP) is 16.7. The first-order chi connectivity index (χ1) is 36.2. The number of fused-ring (bicyclic) bond motifs is 8. The summed E-state index contributed by atoms with van der Waals surface area (Å²) < 4.78 is 29.1. The van der Waals surface area contributed by atoms with E-state index in [0.29, 0.717) is 52.1 Å². The molecule has 8 aromatic rings. The molecule has 0 N–H and O–H groups in total. The maximum Gasteiger partial charge on any atom is 0.126 e. The number of rotatable bonds is 12. The van der Waals surface area contributed by atoms with E-state index in [4.69, 9.17) is 18.9 Å². The van der Waals surface area contributed by atoms with Crippen molar-refractivity contribution in [2.24, 2.45) is 0 Å². The summed E-state index contributed by atoms with van der Waals surface area (Å²) in [5.74, 6) is 3.56. The van der Waals surface area contributed by atoms with Crippen LogP contribution >= 0.6 is 0 Å². The van der Waals surface area contributed by atoms with Gasteiger partial charge in [0, 0.05) is 50.5 Å². The molecule has 0 aliphatic heterocycles. The molecule has 76 heavy (non-hydrogen) atoms. The number of benzene rings is 6. The van der Waals surface area contributed by atoms with E-state index in [1.807, 2.05) is 49.1 Å². The summed E-state index contributed by atoms with van der Waals surface area (Å²) in [4.78, 5) is 8.69. The van der Waals surface area contributed by atoms with Crippen LogP contribution < -0.4 is 18.9 Å². The van der Waals surface area contributed by atoms with Crippen LogP contribution in [0.2, 0.25) is 0 Å². The van der Waals surface area contributed by atoms with Crippen LogP contribution in [0.4, 0.5) is 0 Å². The predicted molar refractivity (Wildman–Crippen MR) is 310 cm³/mol. The summed E-state index contributed by atoms with van der Waals surface area (Å²) >= 11 is 0. The smallest absolute Gasteiger partial charge is 0.126 e. The van der Waals surface area contributed by atoms with Gasteiger partial charge in [-0.3, -0.25) is 9.97 Å². The molecule has 2 heterocycles. The first-order valence-electron chi connectivity index (χ1n) is 27.2. The monoisotopic (exact) mass is 1010 g/mol. The molecule has 2 aromatic heterocycles. The van der Waals surface area contributed by atoms with Crippen molar-refractivity contribution in [2.75, 3.05) is 0 Å². The number of pyridine rings is 2. The van der Waals surface area contributed by atoms with Gasteiger partial charge in [-0.05, 0) is 135 Å². The number of nitrogens with zero attached hydrogens (tertiary/aromatic N) is 2. The Morgan fingerprint density at radius 1 is 0.289 bits per heavy atom. The van der Waals surface area contributed by atoms with E-state index >= 15 is 0 Å². The SMILES string of the molecule is CC(C)(C)c1cc2c(OCc3ccccc3)c(c1)Cc1cc(C(C)(C)C)cc(c1OCc1ccncc1)Cc1cc(C(C)(C)C)cc(c1OCc1ccncc1)Cc1cc(C(C)(C)C)cc(c1OCc1ccccc1)C2. The van der Waals surface area contributed by atoms with E-state index in [1.54, 1.807) is 0 Å². The number of ether oxygens (including phenoxy) is 4. The van der Waals surface area contributed by atoms with Crippen molar-refractivity contribution in [3.8, 4) is 23.0 Å². The third kappa shape index (κ3) is 13.1. The van der Waals surface area contributed by atoms with Gasteiger partial charge in [-0.2, -0.15) is 0 Å². The standard InChI is InChI=1S/C70H78N2O4/c1-67(2,3)59-35-51-31-52-36-60(68(4,5)6)38-54(64(52)74-44-48-21-17-14-18-22-48)33-56-40-62(70(10,11)12)42-58(66(56)76-46-50-25-29-72-30-26-50)34-57-41-61(69(7,8)9)39-55(65(57)75-45-49-23-27-71-28-24-49)32-53(37-59)63(51)73-43-47-19-15-13-16-20-47/h13-30,35-42H,31-34,43-46H2,1-12H3. The van der Waals surface area contributed by atoms with Gasteiger partial charge in [-0.25, -0.2) is 0 Å². The number of aromatic nitrogens is 2. The van der Waals surface area contributed by atoms with Gasteiger partial charge in [0.25, 0.3) is 0 Å². The maximum absolute atomic E-state index is 7.29. The van der Waals surface area contributed by atoms with Crippen molar-refractivity contribution in [3.05, 3.63) is 247 Å². The Hall–Kier alpha value is -7.18. The second-order valence-electron chi connectivity index (χ2n) is 25.0. The average Bonchev–Trinajstić information content (AvgIpc) is 3.41. The molecule has 1 aliphatic carbocycles. The lowest BCUT2D eigenvalue weighted by atomic mass is 9.79. The zero-order valence-electron chi connectivity index (χ0n) is 47.2. The summed E-state index contributed by atoms with van der Waals surface area (Å²) in [6.45, 7) is 29.4. The topological polar surface area (TPSA) is 62.7 Å². The van der Waals surface area contributed by atoms with Crippen molar-refractivity contribution in [2.45, 2.75) is 157 Å². The van der Waals surface area contributed by atoms with E-state index in [0.717, 1.165) is 89.8 Å². The molecule has 6 heteroatoms. The number of hydrogen-bond donors (Lipinski definition) is 0. The Balaban J connectivity index is 1.38. The summed E-state index contributed by atoms with van der Waals surface area (Å²) in [5.41, 5.74) is 17.5. The minimum absolute atomic E-state index is 0.174. The van der Waals surface area contributed by atoms with Crippen molar-refractivity contribution in [1.29, 1.82) is 0 Å². The highest BCUT2D eigenvalue weighted by Crippen LogP contribution is 2.45. The van der Waals surface area contributed by atoms with E-state index in [-0.39, 0.29) is 21.7 Å². The van der Waals surface area contributed by atoms with Crippen molar-refractivity contribution in [1.82, 2.24) is 9.97 Å². The molecular formula is C70H78N2O4. The minimum atomic E-state index is -0.179. The van der Waals surface area contributed by atoms with Crippen LogP contribution in [-0.2, 0) is 73.8 Å². The quantitative estimate of drug-likeness (QED) is 0.122. The van der Waals surface area contributed by atoms with E-state index < -0.39 is 0 Å². The molecule has 9 rings (SSSR count). The molecule has 0 spiro atoms. The van der Waals surface area contributed by atoms with E-state index in [1.165, 1.54) is 22.3 Å². The van der Waals surface area contributed by atoms with Gasteiger partial charge in [-0.15, -0.1) is 0 Å². The van der Waals surface area contributed by atoms with Gasteiger partial charge in [-0.1, -0.05) is 192 Å². The molecule has 392 valence electrons. The Morgan fingerprint density at radius 3 is 0.684 bits per heavy atom. The van der Waals surface area contributed by atoms with Gasteiger partial charge < -0.3 is 18.9 Å². The lowest BCUT2D eigenvalue weighted by Gasteiger charge is -2.29. The van der Waals surface area contributed by atoms with Gasteiger partial charge in [0.2, 0.25) is 0 Å². The lowest BCUT2D eigenvalue weighted by Crippen LogP contribution is -2.17. The third-order valence-corrected chi connectivity index (χ3v) is 14.7. The first-order valence-corrected chi connectivity index (χ1v) is 27.2. The normalized spacial score (nSPS) is 13.0.